The molecule has 0 atom stereocenters. The Kier molecular flexibility index (Phi) is 5.19. The van der Waals surface area contributed by atoms with Crippen molar-refractivity contribution < 1.29 is 18.0 Å². The van der Waals surface area contributed by atoms with Gasteiger partial charge in [0, 0.05) is 12.6 Å². The molecule has 0 aliphatic rings. The minimum absolute atomic E-state index is 0.0888. The van der Waals surface area contributed by atoms with Crippen LogP contribution in [0.5, 0.6) is 0 Å². The fraction of sp³-hybridized carbons (Fsp3) is 0.105. The van der Waals surface area contributed by atoms with E-state index in [4.69, 9.17) is 11.6 Å². The summed E-state index contributed by atoms with van der Waals surface area (Å²) in [7, 11) is 1.35. The summed E-state index contributed by atoms with van der Waals surface area (Å²) in [5, 5.41) is 14.1. The zero-order valence-corrected chi connectivity index (χ0v) is 16.6. The van der Waals surface area contributed by atoms with Crippen molar-refractivity contribution in [3.05, 3.63) is 71.3 Å². The summed E-state index contributed by atoms with van der Waals surface area (Å²) in [6.45, 7) is 0. The van der Waals surface area contributed by atoms with Crippen LogP contribution in [0.2, 0.25) is 5.02 Å². The van der Waals surface area contributed by atoms with Gasteiger partial charge in [0.1, 0.15) is 5.56 Å². The van der Waals surface area contributed by atoms with Crippen LogP contribution in [0.15, 0.2) is 55.0 Å². The van der Waals surface area contributed by atoms with Crippen LogP contribution in [0.4, 0.5) is 18.9 Å². The Morgan fingerprint density at radius 1 is 1.13 bits per heavy atom. The molecule has 0 spiro atoms. The van der Waals surface area contributed by atoms with Gasteiger partial charge >= 0.3 is 6.18 Å². The van der Waals surface area contributed by atoms with E-state index >= 15 is 0 Å². The van der Waals surface area contributed by atoms with Crippen molar-refractivity contribution in [1.29, 1.82) is 0 Å². The van der Waals surface area contributed by atoms with Crippen LogP contribution < -0.4 is 5.32 Å². The van der Waals surface area contributed by atoms with Crippen LogP contribution in [0.1, 0.15) is 16.1 Å². The number of hydrogen-bond donors (Lipinski definition) is 1. The Labute approximate surface area is 178 Å². The van der Waals surface area contributed by atoms with Gasteiger partial charge < -0.3 is 5.32 Å². The Hall–Kier alpha value is -3.73. The number of rotatable bonds is 4. The summed E-state index contributed by atoms with van der Waals surface area (Å²) in [5.41, 5.74) is -1.73. The van der Waals surface area contributed by atoms with Crippen molar-refractivity contribution in [1.82, 2.24) is 29.8 Å². The molecule has 0 saturated carbocycles. The molecule has 1 amide bonds. The van der Waals surface area contributed by atoms with Gasteiger partial charge in [0.15, 0.2) is 11.5 Å². The van der Waals surface area contributed by atoms with Crippen molar-refractivity contribution in [2.45, 2.75) is 6.18 Å². The third-order valence-corrected chi connectivity index (χ3v) is 4.56. The van der Waals surface area contributed by atoms with Gasteiger partial charge in [-0.05, 0) is 6.07 Å². The topological polar surface area (TPSA) is 90.5 Å². The number of nitrogens with zero attached hydrogens (tertiary/aromatic N) is 6. The first-order valence-corrected chi connectivity index (χ1v) is 9.16. The molecule has 12 heteroatoms. The van der Waals surface area contributed by atoms with Crippen molar-refractivity contribution in [2.24, 2.45) is 7.05 Å². The number of alkyl halides is 3. The van der Waals surface area contributed by atoms with Crippen molar-refractivity contribution in [3.63, 3.8) is 0 Å². The number of aryl methyl sites for hydroxylation is 1. The molecule has 0 fully saturated rings. The average Bonchev–Trinajstić information content (AvgIpc) is 3.36. The molecule has 3 aromatic heterocycles. The molecule has 3 heterocycles. The highest BCUT2D eigenvalue weighted by Crippen LogP contribution is 2.39. The highest BCUT2D eigenvalue weighted by Gasteiger charge is 2.42. The number of benzene rings is 1. The molecular formula is C19H13ClF3N7O. The summed E-state index contributed by atoms with van der Waals surface area (Å²) in [6.07, 6.45) is -0.718. The van der Waals surface area contributed by atoms with Gasteiger partial charge in [-0.3, -0.25) is 9.48 Å². The Bertz CT molecular complexity index is 1240. The Balaban J connectivity index is 1.70. The minimum atomic E-state index is -4.81. The van der Waals surface area contributed by atoms with Gasteiger partial charge in [0.2, 0.25) is 0 Å². The molecule has 0 aliphatic heterocycles. The molecule has 8 nitrogen and oxygen atoms in total. The quantitative estimate of drug-likeness (QED) is 0.511. The van der Waals surface area contributed by atoms with Gasteiger partial charge in [-0.1, -0.05) is 41.9 Å². The van der Waals surface area contributed by atoms with E-state index < -0.39 is 23.3 Å². The van der Waals surface area contributed by atoms with E-state index in [0.29, 0.717) is 0 Å². The van der Waals surface area contributed by atoms with E-state index in [9.17, 15) is 18.0 Å². The highest BCUT2D eigenvalue weighted by molar-refractivity contribution is 6.32. The van der Waals surface area contributed by atoms with Gasteiger partial charge in [-0.15, -0.1) is 4.80 Å². The minimum Gasteiger partial charge on any atom is -0.319 e. The Morgan fingerprint density at radius 2 is 1.81 bits per heavy atom. The SMILES string of the molecule is Cn1nc(C(=O)Nc2cnc(-n3nccn3)c(Cl)c2)c(C(F)(F)F)c1-c1ccccc1. The lowest BCUT2D eigenvalue weighted by atomic mass is 10.0. The zero-order valence-electron chi connectivity index (χ0n) is 15.8. The molecule has 0 radical (unpaired) electrons. The van der Waals surface area contributed by atoms with Gasteiger partial charge in [0.05, 0.1) is 35.0 Å². The van der Waals surface area contributed by atoms with Crippen LogP contribution in [-0.2, 0) is 13.2 Å². The molecule has 4 rings (SSSR count). The average molecular weight is 448 g/mol. The number of nitrogens with one attached hydrogen (secondary N) is 1. The number of anilines is 1. The van der Waals surface area contributed by atoms with E-state index in [-0.39, 0.29) is 27.8 Å². The van der Waals surface area contributed by atoms with E-state index in [1.165, 1.54) is 48.6 Å². The van der Waals surface area contributed by atoms with E-state index in [1.807, 2.05) is 0 Å². The third kappa shape index (κ3) is 3.99. The second-order valence-corrected chi connectivity index (χ2v) is 6.77. The third-order valence-electron chi connectivity index (χ3n) is 4.28. The van der Waals surface area contributed by atoms with Crippen LogP contribution in [0.3, 0.4) is 0 Å². The summed E-state index contributed by atoms with van der Waals surface area (Å²) in [5.74, 6) is -0.849. The first-order valence-electron chi connectivity index (χ1n) is 8.79. The Morgan fingerprint density at radius 3 is 2.42 bits per heavy atom. The van der Waals surface area contributed by atoms with Crippen LogP contribution in [0, 0.1) is 0 Å². The smallest absolute Gasteiger partial charge is 0.319 e. The predicted molar refractivity (Wildman–Crippen MR) is 106 cm³/mol. The molecule has 0 saturated heterocycles. The van der Waals surface area contributed by atoms with Crippen LogP contribution >= 0.6 is 11.6 Å². The van der Waals surface area contributed by atoms with Crippen molar-refractivity contribution in [3.8, 4) is 17.1 Å². The van der Waals surface area contributed by atoms with Crippen LogP contribution in [-0.4, -0.2) is 35.7 Å². The molecule has 0 aliphatic carbocycles. The predicted octanol–water partition coefficient (Wildman–Crippen LogP) is 3.99. The highest BCUT2D eigenvalue weighted by atomic mass is 35.5. The lowest BCUT2D eigenvalue weighted by molar-refractivity contribution is -0.137. The molecular weight excluding hydrogens is 435 g/mol. The number of carbonyl (C=O) groups excluding carboxylic acids is 1. The van der Waals surface area contributed by atoms with Gasteiger partial charge in [-0.2, -0.15) is 28.5 Å². The van der Waals surface area contributed by atoms with Crippen LogP contribution in [0.25, 0.3) is 17.1 Å². The first-order chi connectivity index (χ1) is 14.8. The van der Waals surface area contributed by atoms with E-state index in [1.54, 1.807) is 18.2 Å². The van der Waals surface area contributed by atoms with Gasteiger partial charge in [-0.25, -0.2) is 4.98 Å². The summed E-state index contributed by atoms with van der Waals surface area (Å²) in [4.78, 5) is 17.9. The number of hydrogen-bond acceptors (Lipinski definition) is 5. The zero-order chi connectivity index (χ0) is 22.2. The second-order valence-electron chi connectivity index (χ2n) is 6.36. The summed E-state index contributed by atoms with van der Waals surface area (Å²) >= 11 is 6.15. The van der Waals surface area contributed by atoms with E-state index in [0.717, 1.165) is 4.68 Å². The number of amides is 1. The lowest BCUT2D eigenvalue weighted by Crippen LogP contribution is -2.19. The van der Waals surface area contributed by atoms with Crippen molar-refractivity contribution in [2.75, 3.05) is 5.32 Å². The monoisotopic (exact) mass is 447 g/mol. The number of carbonyl (C=O) groups is 1. The number of halogens is 4. The molecule has 4 aromatic rings. The maximum absolute atomic E-state index is 13.9. The molecule has 1 aromatic carbocycles. The fourth-order valence-corrected chi connectivity index (χ4v) is 3.28. The largest absolute Gasteiger partial charge is 0.420 e. The maximum atomic E-state index is 13.9. The molecule has 0 bridgehead atoms. The molecule has 31 heavy (non-hydrogen) atoms. The molecule has 1 N–H and O–H groups in total. The summed E-state index contributed by atoms with van der Waals surface area (Å²) in [6, 6.07) is 9.25. The number of aromatic nitrogens is 6. The standard InChI is InChI=1S/C19H13ClF3N7O/c1-29-16(11-5-3-2-4-6-11)14(19(21,22)23)15(28-29)18(31)27-12-9-13(20)17(24-10-12)30-25-7-8-26-30/h2-10H,1H3,(H,27,31). The molecule has 0 unspecified atom stereocenters. The van der Waals surface area contributed by atoms with E-state index in [2.05, 4.69) is 25.6 Å². The summed E-state index contributed by atoms with van der Waals surface area (Å²) < 4.78 is 42.7. The number of pyridine rings is 1. The molecule has 158 valence electrons. The lowest BCUT2D eigenvalue weighted by Gasteiger charge is -2.11. The van der Waals surface area contributed by atoms with Gasteiger partial charge in [0.25, 0.3) is 5.91 Å². The fourth-order valence-electron chi connectivity index (χ4n) is 3.04. The second kappa shape index (κ2) is 7.84. The van der Waals surface area contributed by atoms with Crippen molar-refractivity contribution >= 4 is 23.2 Å². The normalized spacial score (nSPS) is 11.5. The maximum Gasteiger partial charge on any atom is 0.420 e. The first kappa shape index (κ1) is 20.5.